The van der Waals surface area contributed by atoms with Crippen molar-refractivity contribution in [3.63, 3.8) is 0 Å². The number of hydrogen-bond acceptors (Lipinski definition) is 3. The number of rotatable bonds is 2. The first kappa shape index (κ1) is 14.6. The first-order valence-electron chi connectivity index (χ1n) is 7.87. The van der Waals surface area contributed by atoms with Crippen LogP contribution < -0.4 is 14.8 Å². The zero-order valence-corrected chi connectivity index (χ0v) is 13.6. The smallest absolute Gasteiger partial charge is 0.268 e. The Bertz CT molecular complexity index is 943. The Hall–Kier alpha value is -2.95. The number of carbonyl (C=O) groups is 1. The van der Waals surface area contributed by atoms with Crippen molar-refractivity contribution in [3.8, 4) is 22.6 Å². The molecule has 1 aliphatic heterocycles. The third-order valence-electron chi connectivity index (χ3n) is 4.49. The summed E-state index contributed by atoms with van der Waals surface area (Å²) in [6.45, 7) is 0.579. The van der Waals surface area contributed by atoms with Crippen molar-refractivity contribution in [3.05, 3.63) is 47.7 Å². The average molecular weight is 322 g/mol. The largest absolute Gasteiger partial charge is 0.493 e. The zero-order chi connectivity index (χ0) is 16.7. The van der Waals surface area contributed by atoms with Crippen LogP contribution in [0.15, 0.2) is 36.4 Å². The minimum absolute atomic E-state index is 0.0818. The van der Waals surface area contributed by atoms with Gasteiger partial charge in [-0.3, -0.25) is 4.79 Å². The van der Waals surface area contributed by atoms with Gasteiger partial charge in [-0.05, 0) is 35.7 Å². The summed E-state index contributed by atoms with van der Waals surface area (Å²) in [4.78, 5) is 15.8. The van der Waals surface area contributed by atoms with Crippen LogP contribution in [-0.2, 0) is 6.42 Å². The second kappa shape index (κ2) is 5.60. The highest BCUT2D eigenvalue weighted by Gasteiger charge is 2.24. The molecule has 0 saturated heterocycles. The summed E-state index contributed by atoms with van der Waals surface area (Å²) in [5, 5.41) is 3.99. The second-order valence-electron chi connectivity index (χ2n) is 5.79. The van der Waals surface area contributed by atoms with Crippen LogP contribution in [0.25, 0.3) is 22.0 Å². The molecule has 0 bridgehead atoms. The average Bonchev–Trinajstić information content (AvgIpc) is 2.99. The molecule has 2 aromatic carbocycles. The second-order valence-corrected chi connectivity index (χ2v) is 5.79. The predicted octanol–water partition coefficient (Wildman–Crippen LogP) is 3.14. The molecule has 24 heavy (non-hydrogen) atoms. The number of benzene rings is 2. The van der Waals surface area contributed by atoms with Crippen molar-refractivity contribution < 1.29 is 14.3 Å². The van der Waals surface area contributed by atoms with Gasteiger partial charge in [0.1, 0.15) is 5.69 Å². The molecule has 4 rings (SSSR count). The highest BCUT2D eigenvalue weighted by atomic mass is 16.5. The maximum atomic E-state index is 12.5. The molecule has 122 valence electrons. The molecule has 2 N–H and O–H groups in total. The Morgan fingerprint density at radius 1 is 1.04 bits per heavy atom. The lowest BCUT2D eigenvalue weighted by Gasteiger charge is -2.18. The van der Waals surface area contributed by atoms with Crippen LogP contribution in [0.2, 0.25) is 0 Å². The quantitative estimate of drug-likeness (QED) is 0.762. The van der Waals surface area contributed by atoms with Gasteiger partial charge >= 0.3 is 0 Å². The molecular weight excluding hydrogens is 304 g/mol. The molecule has 0 aliphatic carbocycles. The first-order valence-corrected chi connectivity index (χ1v) is 7.87. The van der Waals surface area contributed by atoms with Gasteiger partial charge in [-0.15, -0.1) is 0 Å². The number of hydrogen-bond donors (Lipinski definition) is 2. The van der Waals surface area contributed by atoms with E-state index in [9.17, 15) is 4.79 Å². The van der Waals surface area contributed by atoms with Crippen LogP contribution in [0.3, 0.4) is 0 Å². The van der Waals surface area contributed by atoms with E-state index in [-0.39, 0.29) is 5.91 Å². The van der Waals surface area contributed by atoms with Crippen LogP contribution in [-0.4, -0.2) is 31.7 Å². The van der Waals surface area contributed by atoms with Crippen LogP contribution >= 0.6 is 0 Å². The monoisotopic (exact) mass is 322 g/mol. The van der Waals surface area contributed by atoms with Gasteiger partial charge in [0, 0.05) is 23.0 Å². The zero-order valence-electron chi connectivity index (χ0n) is 13.6. The minimum Gasteiger partial charge on any atom is -0.493 e. The Balaban J connectivity index is 2.08. The molecule has 0 saturated carbocycles. The van der Waals surface area contributed by atoms with E-state index in [0.717, 1.165) is 34.0 Å². The Labute approximate surface area is 139 Å². The molecular formula is C19H18N2O3. The van der Waals surface area contributed by atoms with E-state index >= 15 is 0 Å². The molecule has 3 aromatic rings. The van der Waals surface area contributed by atoms with Gasteiger partial charge in [0.2, 0.25) is 0 Å². The summed E-state index contributed by atoms with van der Waals surface area (Å²) in [7, 11) is 3.25. The van der Waals surface area contributed by atoms with Gasteiger partial charge in [-0.25, -0.2) is 0 Å². The summed E-state index contributed by atoms with van der Waals surface area (Å²) < 4.78 is 10.9. The molecule has 0 radical (unpaired) electrons. The topological polar surface area (TPSA) is 63.4 Å². The predicted molar refractivity (Wildman–Crippen MR) is 92.9 cm³/mol. The van der Waals surface area contributed by atoms with E-state index in [4.69, 9.17) is 9.47 Å². The van der Waals surface area contributed by atoms with Gasteiger partial charge in [0.05, 0.1) is 14.2 Å². The van der Waals surface area contributed by atoms with Gasteiger partial charge < -0.3 is 19.8 Å². The maximum absolute atomic E-state index is 12.5. The van der Waals surface area contributed by atoms with E-state index in [0.29, 0.717) is 23.7 Å². The van der Waals surface area contributed by atoms with Crippen LogP contribution in [0, 0.1) is 0 Å². The van der Waals surface area contributed by atoms with E-state index in [2.05, 4.69) is 10.3 Å². The molecule has 1 aromatic heterocycles. The lowest BCUT2D eigenvalue weighted by molar-refractivity contribution is 0.0950. The minimum atomic E-state index is -0.0818. The number of para-hydroxylation sites is 1. The van der Waals surface area contributed by atoms with Gasteiger partial charge in [0.25, 0.3) is 5.91 Å². The third kappa shape index (κ3) is 2.12. The lowest BCUT2D eigenvalue weighted by Crippen LogP contribution is -2.28. The molecule has 2 heterocycles. The highest BCUT2D eigenvalue weighted by Crippen LogP contribution is 2.41. The Morgan fingerprint density at radius 2 is 1.79 bits per heavy atom. The van der Waals surface area contributed by atoms with E-state index in [1.54, 1.807) is 14.2 Å². The van der Waals surface area contributed by atoms with E-state index in [1.165, 1.54) is 0 Å². The maximum Gasteiger partial charge on any atom is 0.268 e. The van der Waals surface area contributed by atoms with Crippen molar-refractivity contribution in [2.75, 3.05) is 20.8 Å². The number of amides is 1. The van der Waals surface area contributed by atoms with Crippen molar-refractivity contribution in [1.29, 1.82) is 0 Å². The van der Waals surface area contributed by atoms with Crippen molar-refractivity contribution in [2.45, 2.75) is 6.42 Å². The van der Waals surface area contributed by atoms with Gasteiger partial charge in [0.15, 0.2) is 11.5 Å². The fourth-order valence-corrected chi connectivity index (χ4v) is 3.35. The van der Waals surface area contributed by atoms with Crippen LogP contribution in [0.4, 0.5) is 0 Å². The standard InChI is InChI=1S/C19H18N2O3/c1-23-15-9-11-7-8-20-19(22)18-17(13(11)10-16(15)24-2)12-5-3-4-6-14(12)21-18/h3-6,9-10,21H,7-8H2,1-2H3,(H,20,22). The molecule has 1 amide bonds. The van der Waals surface area contributed by atoms with Gasteiger partial charge in [-0.1, -0.05) is 18.2 Å². The third-order valence-corrected chi connectivity index (χ3v) is 4.49. The van der Waals surface area contributed by atoms with E-state index < -0.39 is 0 Å². The number of aromatic amines is 1. The summed E-state index contributed by atoms with van der Waals surface area (Å²) in [5.74, 6) is 1.28. The molecule has 0 unspecified atom stereocenters. The fraction of sp³-hybridized carbons (Fsp3) is 0.211. The number of carbonyl (C=O) groups excluding carboxylic acids is 1. The molecule has 0 fully saturated rings. The van der Waals surface area contributed by atoms with Crippen LogP contribution in [0.1, 0.15) is 16.1 Å². The number of aromatic nitrogens is 1. The molecule has 1 aliphatic rings. The van der Waals surface area contributed by atoms with Crippen molar-refractivity contribution in [1.82, 2.24) is 10.3 Å². The number of fused-ring (bicyclic) bond motifs is 5. The number of methoxy groups -OCH3 is 2. The number of H-pyrrole nitrogens is 1. The normalized spacial score (nSPS) is 13.5. The summed E-state index contributed by atoms with van der Waals surface area (Å²) >= 11 is 0. The molecule has 0 spiro atoms. The first-order chi connectivity index (χ1) is 11.7. The van der Waals surface area contributed by atoms with Crippen molar-refractivity contribution >= 4 is 16.8 Å². The lowest BCUT2D eigenvalue weighted by atomic mass is 9.93. The van der Waals surface area contributed by atoms with Gasteiger partial charge in [-0.2, -0.15) is 0 Å². The van der Waals surface area contributed by atoms with Crippen LogP contribution in [0.5, 0.6) is 11.5 Å². The number of ether oxygens (including phenoxy) is 2. The summed E-state index contributed by atoms with van der Waals surface area (Å²) in [6.07, 6.45) is 0.736. The van der Waals surface area contributed by atoms with E-state index in [1.807, 2.05) is 36.4 Å². The SMILES string of the molecule is COc1cc2c(cc1OC)-c1c([nH]c3ccccc13)C(=O)NCC2. The highest BCUT2D eigenvalue weighted by molar-refractivity contribution is 6.10. The summed E-state index contributed by atoms with van der Waals surface area (Å²) in [5.41, 5.74) is 4.58. The Kier molecular flexibility index (Phi) is 3.41. The molecule has 5 heteroatoms. The molecule has 5 nitrogen and oxygen atoms in total. The fourth-order valence-electron chi connectivity index (χ4n) is 3.35. The number of nitrogens with one attached hydrogen (secondary N) is 2. The van der Waals surface area contributed by atoms with Crippen molar-refractivity contribution in [2.24, 2.45) is 0 Å². The summed E-state index contributed by atoms with van der Waals surface area (Å²) in [6, 6.07) is 11.9. The molecule has 0 atom stereocenters. The Morgan fingerprint density at radius 3 is 2.58 bits per heavy atom.